The minimum absolute atomic E-state index is 0.934. The van der Waals surface area contributed by atoms with Crippen molar-refractivity contribution in [2.24, 2.45) is 0 Å². The number of hydrogen-bond donors (Lipinski definition) is 0. The maximum atomic E-state index is 6.31. The van der Waals surface area contributed by atoms with Gasteiger partial charge in [-0.1, -0.05) is 72.8 Å². The van der Waals surface area contributed by atoms with E-state index in [4.69, 9.17) is 4.42 Å². The molecule has 2 nitrogen and oxygen atoms in total. The van der Waals surface area contributed by atoms with Crippen molar-refractivity contribution in [3.8, 4) is 0 Å². The number of furan rings is 1. The van der Waals surface area contributed by atoms with E-state index in [1.807, 2.05) is 17.4 Å². The van der Waals surface area contributed by atoms with Crippen molar-refractivity contribution in [2.45, 2.75) is 0 Å². The molecule has 0 radical (unpaired) electrons. The molecule has 3 heteroatoms. The van der Waals surface area contributed by atoms with E-state index in [1.54, 1.807) is 0 Å². The predicted octanol–water partition coefficient (Wildman–Crippen LogP) is 9.67. The molecule has 0 bridgehead atoms. The number of aromatic nitrogens is 1. The van der Waals surface area contributed by atoms with Gasteiger partial charge in [0.15, 0.2) is 0 Å². The Morgan fingerprint density at radius 1 is 0.514 bits per heavy atom. The van der Waals surface area contributed by atoms with E-state index in [2.05, 4.69) is 102 Å². The van der Waals surface area contributed by atoms with Gasteiger partial charge in [-0.15, -0.1) is 11.3 Å². The highest BCUT2D eigenvalue weighted by molar-refractivity contribution is 7.26. The number of para-hydroxylation sites is 1. The fourth-order valence-corrected chi connectivity index (χ4v) is 7.36. The van der Waals surface area contributed by atoms with E-state index in [9.17, 15) is 0 Å². The Labute approximate surface area is 203 Å². The predicted molar refractivity (Wildman–Crippen MR) is 150 cm³/mol. The molecule has 162 valence electrons. The van der Waals surface area contributed by atoms with Crippen molar-refractivity contribution >= 4 is 91.4 Å². The Kier molecular flexibility index (Phi) is 3.20. The smallest absolute Gasteiger partial charge is 0.136 e. The molecule has 0 saturated heterocycles. The fraction of sp³-hybridized carbons (Fsp3) is 0. The van der Waals surface area contributed by atoms with Crippen LogP contribution < -0.4 is 0 Å². The van der Waals surface area contributed by atoms with Crippen LogP contribution in [0.2, 0.25) is 0 Å². The molecule has 0 saturated carbocycles. The summed E-state index contributed by atoms with van der Waals surface area (Å²) in [5, 5.41) is 11.4. The van der Waals surface area contributed by atoms with Crippen LogP contribution >= 0.6 is 11.3 Å². The standard InChI is InChI=1S/C32H17NOS/c1-2-8-19-18(7-1)17-33-30(19)29-21(15-16-26-28(29)24-10-3-5-11-25(24)34-26)22-13-14-23-20-9-4-6-12-27(20)35-32(23)31(22)33/h1-17H. The molecule has 0 spiro atoms. The second-order valence-corrected chi connectivity index (χ2v) is 10.4. The largest absolute Gasteiger partial charge is 0.456 e. The van der Waals surface area contributed by atoms with Crippen molar-refractivity contribution in [2.75, 3.05) is 0 Å². The molecular weight excluding hydrogens is 446 g/mol. The Morgan fingerprint density at radius 3 is 2.20 bits per heavy atom. The number of hydrogen-bond acceptors (Lipinski definition) is 2. The number of fused-ring (bicyclic) bond motifs is 16. The highest BCUT2D eigenvalue weighted by atomic mass is 32.1. The van der Waals surface area contributed by atoms with Crippen molar-refractivity contribution in [1.29, 1.82) is 0 Å². The van der Waals surface area contributed by atoms with Gasteiger partial charge in [-0.2, -0.15) is 0 Å². The van der Waals surface area contributed by atoms with Gasteiger partial charge in [0.2, 0.25) is 0 Å². The van der Waals surface area contributed by atoms with Crippen molar-refractivity contribution < 1.29 is 4.42 Å². The van der Waals surface area contributed by atoms with Gasteiger partial charge in [0.1, 0.15) is 11.2 Å². The third-order valence-corrected chi connectivity index (χ3v) is 8.75. The lowest BCUT2D eigenvalue weighted by Gasteiger charge is -2.12. The van der Waals surface area contributed by atoms with Gasteiger partial charge in [-0.05, 0) is 29.7 Å². The molecule has 0 amide bonds. The maximum absolute atomic E-state index is 6.31. The second kappa shape index (κ2) is 6.21. The molecule has 0 N–H and O–H groups in total. The first-order valence-corrected chi connectivity index (χ1v) is 12.7. The van der Waals surface area contributed by atoms with Crippen LogP contribution in [0, 0.1) is 0 Å². The van der Waals surface area contributed by atoms with Crippen LogP contribution in [-0.4, -0.2) is 4.40 Å². The number of thiophene rings is 1. The summed E-state index contributed by atoms with van der Waals surface area (Å²) >= 11 is 1.89. The molecule has 9 rings (SSSR count). The van der Waals surface area contributed by atoms with Gasteiger partial charge in [0.25, 0.3) is 0 Å². The maximum Gasteiger partial charge on any atom is 0.136 e. The highest BCUT2D eigenvalue weighted by Gasteiger charge is 2.20. The first-order valence-electron chi connectivity index (χ1n) is 11.9. The van der Waals surface area contributed by atoms with Gasteiger partial charge >= 0.3 is 0 Å². The zero-order valence-corrected chi connectivity index (χ0v) is 19.4. The fourth-order valence-electron chi connectivity index (χ4n) is 6.11. The van der Waals surface area contributed by atoms with E-state index in [-0.39, 0.29) is 0 Å². The van der Waals surface area contributed by atoms with Crippen molar-refractivity contribution in [3.63, 3.8) is 0 Å². The van der Waals surface area contributed by atoms with Gasteiger partial charge in [0, 0.05) is 54.0 Å². The molecule has 9 aromatic rings. The summed E-state index contributed by atoms with van der Waals surface area (Å²) in [4.78, 5) is 0. The minimum atomic E-state index is 0.934. The number of rotatable bonds is 0. The van der Waals surface area contributed by atoms with Gasteiger partial charge in [-0.25, -0.2) is 0 Å². The van der Waals surface area contributed by atoms with Crippen molar-refractivity contribution in [3.05, 3.63) is 103 Å². The van der Waals surface area contributed by atoms with Gasteiger partial charge < -0.3 is 8.82 Å². The third-order valence-electron chi connectivity index (χ3n) is 7.56. The zero-order valence-electron chi connectivity index (χ0n) is 18.6. The molecule has 0 aliphatic carbocycles. The Balaban J connectivity index is 1.67. The van der Waals surface area contributed by atoms with Crippen LogP contribution in [-0.2, 0) is 0 Å². The first kappa shape index (κ1) is 18.0. The molecule has 4 heterocycles. The SMILES string of the molecule is c1ccc2c(c1)cn1c3c(ccc4c5ccccc5sc43)c3ccc4oc5ccccc5c4c3c21. The molecule has 0 unspecified atom stereocenters. The lowest BCUT2D eigenvalue weighted by molar-refractivity contribution is 0.669. The molecule has 0 fully saturated rings. The van der Waals surface area contributed by atoms with Crippen LogP contribution in [0.5, 0.6) is 0 Å². The summed E-state index contributed by atoms with van der Waals surface area (Å²) in [5.74, 6) is 0. The highest BCUT2D eigenvalue weighted by Crippen LogP contribution is 2.45. The summed E-state index contributed by atoms with van der Waals surface area (Å²) < 4.78 is 11.4. The third kappa shape index (κ3) is 2.15. The first-order chi connectivity index (χ1) is 17.4. The monoisotopic (exact) mass is 463 g/mol. The van der Waals surface area contributed by atoms with E-state index in [0.29, 0.717) is 0 Å². The van der Waals surface area contributed by atoms with Crippen LogP contribution in [0.3, 0.4) is 0 Å². The quantitative estimate of drug-likeness (QED) is 0.205. The molecule has 0 aliphatic rings. The summed E-state index contributed by atoms with van der Waals surface area (Å²) in [6.07, 6.45) is 2.32. The summed E-state index contributed by atoms with van der Waals surface area (Å²) in [7, 11) is 0. The normalized spacial score (nSPS) is 12.6. The summed E-state index contributed by atoms with van der Waals surface area (Å²) in [6, 6.07) is 34.9. The van der Waals surface area contributed by atoms with E-state index < -0.39 is 0 Å². The number of nitrogens with zero attached hydrogens (tertiary/aromatic N) is 1. The Bertz CT molecular complexity index is 2330. The van der Waals surface area contributed by atoms with Crippen LogP contribution in [0.1, 0.15) is 0 Å². The summed E-state index contributed by atoms with van der Waals surface area (Å²) in [6.45, 7) is 0. The average Bonchev–Trinajstić information content (AvgIpc) is 3.59. The molecule has 0 aliphatic heterocycles. The van der Waals surface area contributed by atoms with Gasteiger partial charge in [0.05, 0.1) is 15.7 Å². The molecule has 0 atom stereocenters. The van der Waals surface area contributed by atoms with E-state index in [1.165, 1.54) is 68.9 Å². The number of pyridine rings is 1. The van der Waals surface area contributed by atoms with Crippen LogP contribution in [0.15, 0.2) is 108 Å². The van der Waals surface area contributed by atoms with Crippen molar-refractivity contribution in [1.82, 2.24) is 4.40 Å². The lowest BCUT2D eigenvalue weighted by atomic mass is 9.98. The van der Waals surface area contributed by atoms with Crippen LogP contribution in [0.4, 0.5) is 0 Å². The number of benzene rings is 5. The van der Waals surface area contributed by atoms with E-state index in [0.717, 1.165) is 11.2 Å². The summed E-state index contributed by atoms with van der Waals surface area (Å²) in [5.41, 5.74) is 4.41. The average molecular weight is 464 g/mol. The minimum Gasteiger partial charge on any atom is -0.456 e. The van der Waals surface area contributed by atoms with Gasteiger partial charge in [-0.3, -0.25) is 0 Å². The topological polar surface area (TPSA) is 17.6 Å². The Morgan fingerprint density at radius 2 is 1.26 bits per heavy atom. The molecule has 5 aromatic carbocycles. The molecule has 35 heavy (non-hydrogen) atoms. The second-order valence-electron chi connectivity index (χ2n) is 9.33. The molecular formula is C32H17NOS. The van der Waals surface area contributed by atoms with E-state index >= 15 is 0 Å². The molecule has 4 aromatic heterocycles. The zero-order chi connectivity index (χ0) is 22.7. The lowest BCUT2D eigenvalue weighted by Crippen LogP contribution is -1.90. The van der Waals surface area contributed by atoms with Crippen LogP contribution in [0.25, 0.3) is 80.1 Å². The Hall–Kier alpha value is -4.34.